The van der Waals surface area contributed by atoms with Gasteiger partial charge >= 0.3 is 0 Å². The Kier molecular flexibility index (Phi) is 5.16. The molecule has 0 aliphatic carbocycles. The van der Waals surface area contributed by atoms with E-state index in [2.05, 4.69) is 27.1 Å². The molecule has 4 N–H and O–H groups in total. The third-order valence-corrected chi connectivity index (χ3v) is 3.41. The number of hydrogen-bond acceptors (Lipinski definition) is 4. The minimum absolute atomic E-state index is 0.0424. The molecule has 0 aliphatic heterocycles. The number of aromatic nitrogens is 2. The van der Waals surface area contributed by atoms with Crippen LogP contribution >= 0.6 is 0 Å². The minimum Gasteiger partial charge on any atom is -0.399 e. The number of benzene rings is 1. The van der Waals surface area contributed by atoms with E-state index in [-0.39, 0.29) is 5.91 Å². The van der Waals surface area contributed by atoms with Gasteiger partial charge in [0.1, 0.15) is 5.82 Å². The number of likely N-dealkylation sites (N-methyl/N-ethyl adjacent to an activating group) is 1. The summed E-state index contributed by atoms with van der Waals surface area (Å²) in [6.07, 6.45) is 1.80. The normalized spacial score (nSPS) is 11.2. The van der Waals surface area contributed by atoms with Gasteiger partial charge in [-0.15, -0.1) is 0 Å². The predicted octanol–water partition coefficient (Wildman–Crippen LogP) is 1.15. The number of nitrogens with zero attached hydrogens (tertiary/aromatic N) is 2. The zero-order valence-corrected chi connectivity index (χ0v) is 12.6. The molecule has 114 valence electrons. The molecule has 0 saturated heterocycles. The summed E-state index contributed by atoms with van der Waals surface area (Å²) in [4.78, 5) is 21.5. The summed E-state index contributed by atoms with van der Waals surface area (Å²) in [6.45, 7) is 4.25. The van der Waals surface area contributed by atoms with Crippen LogP contribution in [0.1, 0.15) is 19.2 Å². The summed E-state index contributed by atoms with van der Waals surface area (Å²) < 4.78 is 0. The Morgan fingerprint density at radius 1 is 1.43 bits per heavy atom. The number of anilines is 1. The summed E-state index contributed by atoms with van der Waals surface area (Å²) in [6, 6.07) is 5.65. The van der Waals surface area contributed by atoms with E-state index in [4.69, 9.17) is 5.73 Å². The average Bonchev–Trinajstić information content (AvgIpc) is 2.86. The maximum Gasteiger partial charge on any atom is 0.233 e. The zero-order valence-electron chi connectivity index (χ0n) is 12.6. The topological polar surface area (TPSA) is 87.0 Å². The number of fused-ring (bicyclic) bond motifs is 1. The molecule has 1 aromatic carbocycles. The lowest BCUT2D eigenvalue weighted by Gasteiger charge is -2.19. The van der Waals surface area contributed by atoms with Crippen LogP contribution in [0.4, 0.5) is 5.69 Å². The van der Waals surface area contributed by atoms with Crippen molar-refractivity contribution in [2.45, 2.75) is 19.8 Å². The number of nitrogen functional groups attached to an aromatic ring is 1. The number of H-pyrrole nitrogens is 1. The highest BCUT2D eigenvalue weighted by atomic mass is 16.1. The van der Waals surface area contributed by atoms with Crippen LogP contribution in [-0.4, -0.2) is 47.5 Å². The van der Waals surface area contributed by atoms with Crippen LogP contribution in [0.5, 0.6) is 0 Å². The molecule has 0 unspecified atom stereocenters. The summed E-state index contributed by atoms with van der Waals surface area (Å²) in [5.74, 6) is 0.967. The van der Waals surface area contributed by atoms with Gasteiger partial charge in [-0.25, -0.2) is 4.98 Å². The predicted molar refractivity (Wildman–Crippen MR) is 85.0 cm³/mol. The van der Waals surface area contributed by atoms with Crippen molar-refractivity contribution in [1.29, 1.82) is 0 Å². The number of carbonyl (C=O) groups is 1. The number of nitrogens with two attached hydrogens (primary N) is 1. The molecule has 0 radical (unpaired) electrons. The minimum atomic E-state index is 0.0424. The van der Waals surface area contributed by atoms with Crippen LogP contribution in [-0.2, 0) is 11.2 Å². The van der Waals surface area contributed by atoms with Gasteiger partial charge in [-0.05, 0) is 31.2 Å². The van der Waals surface area contributed by atoms with Gasteiger partial charge in [-0.2, -0.15) is 0 Å². The number of amides is 1. The number of hydrogen-bond donors (Lipinski definition) is 3. The Morgan fingerprint density at radius 2 is 2.24 bits per heavy atom. The van der Waals surface area contributed by atoms with Gasteiger partial charge in [0.2, 0.25) is 5.91 Å². The number of rotatable bonds is 7. The highest BCUT2D eigenvalue weighted by molar-refractivity contribution is 5.79. The second-order valence-corrected chi connectivity index (χ2v) is 5.16. The summed E-state index contributed by atoms with van der Waals surface area (Å²) in [5.41, 5.74) is 8.37. The third-order valence-electron chi connectivity index (χ3n) is 3.41. The van der Waals surface area contributed by atoms with Gasteiger partial charge in [0.25, 0.3) is 0 Å². The molecule has 1 aromatic heterocycles. The Balaban J connectivity index is 1.99. The highest BCUT2D eigenvalue weighted by Crippen LogP contribution is 2.15. The zero-order chi connectivity index (χ0) is 15.2. The van der Waals surface area contributed by atoms with E-state index in [1.54, 1.807) is 7.05 Å². The summed E-state index contributed by atoms with van der Waals surface area (Å²) >= 11 is 0. The van der Waals surface area contributed by atoms with Crippen LogP contribution in [0.2, 0.25) is 0 Å². The standard InChI is InChI=1S/C15H23N5O/c1-3-7-20(10-15(21)17-2)8-6-14-18-12-5-4-11(16)9-13(12)19-14/h4-5,9H,3,6-8,10,16H2,1-2H3,(H,17,21)(H,18,19). The van der Waals surface area contributed by atoms with Crippen molar-refractivity contribution in [3.63, 3.8) is 0 Å². The van der Waals surface area contributed by atoms with Crippen LogP contribution < -0.4 is 11.1 Å². The quantitative estimate of drug-likeness (QED) is 0.667. The molecular formula is C15H23N5O. The van der Waals surface area contributed by atoms with Crippen molar-refractivity contribution in [3.8, 4) is 0 Å². The Morgan fingerprint density at radius 3 is 2.95 bits per heavy atom. The van der Waals surface area contributed by atoms with E-state index in [1.165, 1.54) is 0 Å². The number of nitrogens with one attached hydrogen (secondary N) is 2. The van der Waals surface area contributed by atoms with Crippen LogP contribution in [0.25, 0.3) is 11.0 Å². The molecule has 1 heterocycles. The van der Waals surface area contributed by atoms with Gasteiger partial charge in [0.05, 0.1) is 17.6 Å². The lowest BCUT2D eigenvalue weighted by molar-refractivity contribution is -0.121. The fourth-order valence-corrected chi connectivity index (χ4v) is 2.33. The van der Waals surface area contributed by atoms with Crippen molar-refractivity contribution in [3.05, 3.63) is 24.0 Å². The molecule has 2 aromatic rings. The maximum atomic E-state index is 11.5. The molecule has 6 nitrogen and oxygen atoms in total. The molecule has 2 rings (SSSR count). The van der Waals surface area contributed by atoms with Crippen LogP contribution in [0, 0.1) is 0 Å². The van der Waals surface area contributed by atoms with Gasteiger partial charge in [0.15, 0.2) is 0 Å². The Labute approximate surface area is 124 Å². The molecule has 0 saturated carbocycles. The van der Waals surface area contributed by atoms with Crippen molar-refractivity contribution >= 4 is 22.6 Å². The van der Waals surface area contributed by atoms with Crippen LogP contribution in [0.15, 0.2) is 18.2 Å². The molecule has 1 amide bonds. The van der Waals surface area contributed by atoms with E-state index in [0.717, 1.165) is 48.5 Å². The van der Waals surface area contributed by atoms with E-state index in [1.807, 2.05) is 18.2 Å². The molecule has 0 bridgehead atoms. The lowest BCUT2D eigenvalue weighted by Crippen LogP contribution is -2.37. The first kappa shape index (κ1) is 15.3. The molecule has 0 aliphatic rings. The fourth-order valence-electron chi connectivity index (χ4n) is 2.33. The van der Waals surface area contributed by atoms with Crippen LogP contribution in [0.3, 0.4) is 0 Å². The first-order valence-electron chi connectivity index (χ1n) is 7.29. The van der Waals surface area contributed by atoms with Crippen molar-refractivity contribution < 1.29 is 4.79 Å². The van der Waals surface area contributed by atoms with Crippen molar-refractivity contribution in [2.24, 2.45) is 0 Å². The number of aromatic amines is 1. The van der Waals surface area contributed by atoms with Gasteiger partial charge in [-0.3, -0.25) is 9.69 Å². The first-order valence-corrected chi connectivity index (χ1v) is 7.29. The maximum absolute atomic E-state index is 11.5. The van der Waals surface area contributed by atoms with Crippen molar-refractivity contribution in [2.75, 3.05) is 32.4 Å². The van der Waals surface area contributed by atoms with Gasteiger partial charge < -0.3 is 16.0 Å². The van der Waals surface area contributed by atoms with E-state index < -0.39 is 0 Å². The van der Waals surface area contributed by atoms with Gasteiger partial charge in [0, 0.05) is 25.7 Å². The lowest BCUT2D eigenvalue weighted by atomic mass is 10.3. The summed E-state index contributed by atoms with van der Waals surface area (Å²) in [7, 11) is 1.66. The second kappa shape index (κ2) is 7.08. The second-order valence-electron chi connectivity index (χ2n) is 5.16. The molecule has 0 fully saturated rings. The van der Waals surface area contributed by atoms with E-state index >= 15 is 0 Å². The molecule has 6 heteroatoms. The smallest absolute Gasteiger partial charge is 0.233 e. The molecule has 0 spiro atoms. The summed E-state index contributed by atoms with van der Waals surface area (Å²) in [5, 5.41) is 2.66. The van der Waals surface area contributed by atoms with Crippen molar-refractivity contribution in [1.82, 2.24) is 20.2 Å². The Bertz CT molecular complexity index is 607. The fraction of sp³-hybridized carbons (Fsp3) is 0.467. The highest BCUT2D eigenvalue weighted by Gasteiger charge is 2.10. The van der Waals surface area contributed by atoms with E-state index in [0.29, 0.717) is 6.54 Å². The first-order chi connectivity index (χ1) is 10.1. The average molecular weight is 289 g/mol. The number of imidazole rings is 1. The largest absolute Gasteiger partial charge is 0.399 e. The molecule has 0 atom stereocenters. The monoisotopic (exact) mass is 289 g/mol. The Hall–Kier alpha value is -2.08. The molecule has 21 heavy (non-hydrogen) atoms. The number of carbonyl (C=O) groups excluding carboxylic acids is 1. The van der Waals surface area contributed by atoms with Gasteiger partial charge in [-0.1, -0.05) is 6.92 Å². The third kappa shape index (κ3) is 4.19. The van der Waals surface area contributed by atoms with E-state index in [9.17, 15) is 4.79 Å². The SMILES string of the molecule is CCCN(CCc1nc2ccc(N)cc2[nH]1)CC(=O)NC. The molecular weight excluding hydrogens is 266 g/mol.